The van der Waals surface area contributed by atoms with E-state index in [2.05, 4.69) is 10.6 Å². The number of nitrogens with one attached hydrogen (secondary N) is 3. The van der Waals surface area contributed by atoms with Gasteiger partial charge >= 0.3 is 6.18 Å². The summed E-state index contributed by atoms with van der Waals surface area (Å²) in [7, 11) is 1.71. The highest BCUT2D eigenvalue weighted by Crippen LogP contribution is 2.29. The van der Waals surface area contributed by atoms with Crippen LogP contribution < -0.4 is 15.5 Å². The van der Waals surface area contributed by atoms with E-state index in [1.807, 2.05) is 31.2 Å². The molecule has 8 heteroatoms. The predicted molar refractivity (Wildman–Crippen MR) is 106 cm³/mol. The molecule has 0 aromatic heterocycles. The molecule has 3 N–H and O–H groups in total. The zero-order valence-electron chi connectivity index (χ0n) is 16.6. The summed E-state index contributed by atoms with van der Waals surface area (Å²) in [6, 6.07) is 11.2. The minimum absolute atomic E-state index is 0.0691. The molecule has 29 heavy (non-hydrogen) atoms. The van der Waals surface area contributed by atoms with Crippen LogP contribution in [0.3, 0.4) is 0 Å². The number of halogens is 3. The number of amides is 2. The lowest BCUT2D eigenvalue weighted by atomic mass is 10.1. The van der Waals surface area contributed by atoms with E-state index in [4.69, 9.17) is 0 Å². The van der Waals surface area contributed by atoms with Crippen LogP contribution in [0.25, 0.3) is 0 Å². The molecule has 1 unspecified atom stereocenters. The largest absolute Gasteiger partial charge is 0.416 e. The average Bonchev–Trinajstić information content (AvgIpc) is 2.67. The summed E-state index contributed by atoms with van der Waals surface area (Å²) < 4.78 is 37.8. The predicted octanol–water partition coefficient (Wildman–Crippen LogP) is 2.75. The summed E-state index contributed by atoms with van der Waals surface area (Å²) in [5.41, 5.74) is 1.25. The summed E-state index contributed by atoms with van der Waals surface area (Å²) >= 11 is 0. The Morgan fingerprint density at radius 1 is 1.03 bits per heavy atom. The van der Waals surface area contributed by atoms with Gasteiger partial charge in [-0.25, -0.2) is 0 Å². The maximum Gasteiger partial charge on any atom is 0.416 e. The molecule has 0 heterocycles. The van der Waals surface area contributed by atoms with Crippen LogP contribution in [-0.4, -0.2) is 31.4 Å². The van der Waals surface area contributed by atoms with Crippen molar-refractivity contribution in [3.05, 3.63) is 59.7 Å². The number of quaternary nitrogens is 1. The molecule has 0 saturated carbocycles. The van der Waals surface area contributed by atoms with Crippen LogP contribution in [0.5, 0.6) is 0 Å². The number of likely N-dealkylation sites (N-methyl/N-ethyl adjacent to an activating group) is 1. The van der Waals surface area contributed by atoms with E-state index < -0.39 is 17.8 Å². The zero-order chi connectivity index (χ0) is 21.6. The maximum atomic E-state index is 12.6. The Kier molecular flexibility index (Phi) is 7.39. The minimum Gasteiger partial charge on any atom is -0.321 e. The third kappa shape index (κ3) is 6.32. The van der Waals surface area contributed by atoms with E-state index in [0.717, 1.165) is 29.8 Å². The number of rotatable bonds is 7. The third-order valence-electron chi connectivity index (χ3n) is 4.72. The number of aryl methyl sites for hydroxylation is 1. The Morgan fingerprint density at radius 3 is 2.24 bits per heavy atom. The molecule has 0 aliphatic heterocycles. The van der Waals surface area contributed by atoms with E-state index in [1.54, 1.807) is 14.0 Å². The Hall–Kier alpha value is -2.87. The number of anilines is 2. The van der Waals surface area contributed by atoms with Crippen molar-refractivity contribution in [1.29, 1.82) is 0 Å². The lowest BCUT2D eigenvalue weighted by Crippen LogP contribution is -3.14. The Labute approximate surface area is 167 Å². The molecule has 2 rings (SSSR count). The second kappa shape index (κ2) is 9.56. The number of alkyl halides is 3. The molecule has 0 aliphatic carbocycles. The number of para-hydroxylation sites is 1. The van der Waals surface area contributed by atoms with Crippen molar-refractivity contribution in [1.82, 2.24) is 0 Å². The standard InChI is InChI=1S/C21H24F3N3O2/c1-4-15-7-5-6-8-18(15)26-19(28)13-27(3)14(2)20(29)25-17-11-9-16(10-12-17)21(22,23)24/h5-12,14H,4,13H2,1-3H3,(H,25,29)(H,26,28)/p+1/t14-/m1/s1. The smallest absolute Gasteiger partial charge is 0.321 e. The van der Waals surface area contributed by atoms with Gasteiger partial charge in [-0.15, -0.1) is 0 Å². The van der Waals surface area contributed by atoms with Gasteiger partial charge in [-0.1, -0.05) is 25.1 Å². The second-order valence-corrected chi connectivity index (χ2v) is 6.87. The van der Waals surface area contributed by atoms with Gasteiger partial charge < -0.3 is 15.5 Å². The molecule has 0 bridgehead atoms. The van der Waals surface area contributed by atoms with Gasteiger partial charge in [0.05, 0.1) is 12.6 Å². The summed E-state index contributed by atoms with van der Waals surface area (Å²) in [5, 5.41) is 5.44. The molecule has 2 aromatic rings. The number of carbonyl (C=O) groups excluding carboxylic acids is 2. The SMILES string of the molecule is CCc1ccccc1NC(=O)C[NH+](C)[C@H](C)C(=O)Nc1ccc(C(F)(F)F)cc1. The fourth-order valence-corrected chi connectivity index (χ4v) is 2.77. The van der Waals surface area contributed by atoms with E-state index >= 15 is 0 Å². The molecule has 5 nitrogen and oxygen atoms in total. The number of hydrogen-bond donors (Lipinski definition) is 3. The summed E-state index contributed by atoms with van der Waals surface area (Å²) in [6.45, 7) is 3.72. The topological polar surface area (TPSA) is 62.6 Å². The Morgan fingerprint density at radius 2 is 1.66 bits per heavy atom. The van der Waals surface area contributed by atoms with E-state index in [1.165, 1.54) is 12.1 Å². The molecule has 0 fully saturated rings. The van der Waals surface area contributed by atoms with Gasteiger partial charge in [0.15, 0.2) is 12.6 Å². The molecule has 0 spiro atoms. The highest BCUT2D eigenvalue weighted by Gasteiger charge is 2.30. The number of carbonyl (C=O) groups is 2. The summed E-state index contributed by atoms with van der Waals surface area (Å²) in [6.07, 6.45) is -3.64. The van der Waals surface area contributed by atoms with E-state index in [9.17, 15) is 22.8 Å². The van der Waals surface area contributed by atoms with Crippen molar-refractivity contribution in [2.75, 3.05) is 24.2 Å². The van der Waals surface area contributed by atoms with Crippen LogP contribution in [0.15, 0.2) is 48.5 Å². The summed E-state index contributed by atoms with van der Waals surface area (Å²) in [5.74, 6) is -0.610. The fraction of sp³-hybridized carbons (Fsp3) is 0.333. The normalized spacial score (nSPS) is 13.4. The lowest BCUT2D eigenvalue weighted by molar-refractivity contribution is -0.885. The van der Waals surface area contributed by atoms with Crippen LogP contribution in [0.2, 0.25) is 0 Å². The van der Waals surface area contributed by atoms with Gasteiger partial charge in [0.25, 0.3) is 11.8 Å². The van der Waals surface area contributed by atoms with Crippen LogP contribution in [0, 0.1) is 0 Å². The quantitative estimate of drug-likeness (QED) is 0.660. The van der Waals surface area contributed by atoms with Gasteiger partial charge in [-0.05, 0) is 49.2 Å². The molecule has 0 radical (unpaired) electrons. The highest BCUT2D eigenvalue weighted by atomic mass is 19.4. The van der Waals surface area contributed by atoms with Crippen LogP contribution >= 0.6 is 0 Å². The fourth-order valence-electron chi connectivity index (χ4n) is 2.77. The van der Waals surface area contributed by atoms with Gasteiger partial charge in [0.1, 0.15) is 0 Å². The molecular weight excluding hydrogens is 383 g/mol. The molecule has 2 aromatic carbocycles. The molecule has 0 saturated heterocycles. The molecule has 2 amide bonds. The first-order chi connectivity index (χ1) is 13.6. The molecule has 0 aliphatic rings. The van der Waals surface area contributed by atoms with Crippen molar-refractivity contribution in [3.63, 3.8) is 0 Å². The number of hydrogen-bond acceptors (Lipinski definition) is 2. The van der Waals surface area contributed by atoms with Gasteiger partial charge in [-0.2, -0.15) is 13.2 Å². The maximum absolute atomic E-state index is 12.6. The van der Waals surface area contributed by atoms with E-state index in [0.29, 0.717) is 4.90 Å². The summed E-state index contributed by atoms with van der Waals surface area (Å²) in [4.78, 5) is 25.4. The van der Waals surface area contributed by atoms with Crippen molar-refractivity contribution >= 4 is 23.2 Å². The first-order valence-corrected chi connectivity index (χ1v) is 9.30. The molecule has 156 valence electrons. The van der Waals surface area contributed by atoms with E-state index in [-0.39, 0.29) is 24.0 Å². The van der Waals surface area contributed by atoms with Crippen molar-refractivity contribution in [2.24, 2.45) is 0 Å². The highest BCUT2D eigenvalue weighted by molar-refractivity contribution is 5.94. The average molecular weight is 408 g/mol. The first kappa shape index (κ1) is 22.4. The molecular formula is C21H25F3N3O2+. The van der Waals surface area contributed by atoms with Crippen LogP contribution in [0.1, 0.15) is 25.0 Å². The number of benzene rings is 2. The van der Waals surface area contributed by atoms with Gasteiger partial charge in [0.2, 0.25) is 0 Å². The van der Waals surface area contributed by atoms with Crippen LogP contribution in [0.4, 0.5) is 24.5 Å². The lowest BCUT2D eigenvalue weighted by Gasteiger charge is -2.21. The first-order valence-electron chi connectivity index (χ1n) is 9.30. The van der Waals surface area contributed by atoms with Crippen molar-refractivity contribution in [3.8, 4) is 0 Å². The zero-order valence-corrected chi connectivity index (χ0v) is 16.6. The monoisotopic (exact) mass is 408 g/mol. The van der Waals surface area contributed by atoms with Crippen molar-refractivity contribution < 1.29 is 27.7 Å². The molecule has 2 atom stereocenters. The van der Waals surface area contributed by atoms with Gasteiger partial charge in [0, 0.05) is 11.4 Å². The third-order valence-corrected chi connectivity index (χ3v) is 4.72. The van der Waals surface area contributed by atoms with Crippen molar-refractivity contribution in [2.45, 2.75) is 32.5 Å². The van der Waals surface area contributed by atoms with Gasteiger partial charge in [-0.3, -0.25) is 9.59 Å². The Bertz CT molecular complexity index is 851. The minimum atomic E-state index is -4.43. The Balaban J connectivity index is 1.92. The second-order valence-electron chi connectivity index (χ2n) is 6.87. The van der Waals surface area contributed by atoms with Crippen LogP contribution in [-0.2, 0) is 22.2 Å².